The Hall–Kier alpha value is -1.52. The predicted octanol–water partition coefficient (Wildman–Crippen LogP) is 3.10. The van der Waals surface area contributed by atoms with Gasteiger partial charge in [-0.05, 0) is 17.7 Å². The van der Waals surface area contributed by atoms with Crippen LogP contribution in [0.15, 0.2) is 30.3 Å². The van der Waals surface area contributed by atoms with Crippen molar-refractivity contribution in [1.82, 2.24) is 10.2 Å². The summed E-state index contributed by atoms with van der Waals surface area (Å²) in [7, 11) is 0. The highest BCUT2D eigenvalue weighted by Gasteiger charge is 2.03. The molecule has 0 fully saturated rings. The van der Waals surface area contributed by atoms with Gasteiger partial charge in [0.15, 0.2) is 10.3 Å². The van der Waals surface area contributed by atoms with Crippen molar-refractivity contribution in [3.8, 4) is 5.75 Å². The van der Waals surface area contributed by atoms with Gasteiger partial charge in [0.05, 0.1) is 5.69 Å². The van der Waals surface area contributed by atoms with E-state index in [1.807, 2.05) is 6.07 Å². The number of hydrogen-bond donors (Lipinski definition) is 2. The van der Waals surface area contributed by atoms with Crippen LogP contribution in [0.5, 0.6) is 5.75 Å². The Kier molecular flexibility index (Phi) is 3.66. The maximum atomic E-state index is 9.31. The minimum absolute atomic E-state index is 0.223. The van der Waals surface area contributed by atoms with Crippen LogP contribution in [0.2, 0.25) is 10.3 Å². The molecule has 0 bridgehead atoms. The van der Waals surface area contributed by atoms with E-state index in [1.165, 1.54) is 0 Å². The van der Waals surface area contributed by atoms with Crippen molar-refractivity contribution >= 4 is 28.9 Å². The molecule has 4 nitrogen and oxygen atoms in total. The number of nitrogens with one attached hydrogen (secondary N) is 1. The molecule has 0 radical (unpaired) electrons. The summed E-state index contributed by atoms with van der Waals surface area (Å²) in [4.78, 5) is 0. The molecule has 0 atom stereocenters. The van der Waals surface area contributed by atoms with E-state index in [0.29, 0.717) is 12.2 Å². The van der Waals surface area contributed by atoms with E-state index in [2.05, 4.69) is 15.5 Å². The monoisotopic (exact) mass is 269 g/mol. The summed E-state index contributed by atoms with van der Waals surface area (Å²) in [5.41, 5.74) is 1.53. The normalized spacial score (nSPS) is 10.2. The molecule has 17 heavy (non-hydrogen) atoms. The molecule has 0 aliphatic carbocycles. The zero-order chi connectivity index (χ0) is 12.3. The first-order valence-corrected chi connectivity index (χ1v) is 5.61. The first kappa shape index (κ1) is 12.0. The molecule has 1 aromatic carbocycles. The van der Waals surface area contributed by atoms with E-state index in [4.69, 9.17) is 23.2 Å². The number of phenolic OH excluding ortho intramolecular Hbond substituents is 1. The van der Waals surface area contributed by atoms with Crippen LogP contribution in [0.1, 0.15) is 5.56 Å². The molecule has 2 aromatic rings. The Morgan fingerprint density at radius 1 is 1.18 bits per heavy atom. The van der Waals surface area contributed by atoms with Crippen molar-refractivity contribution in [2.45, 2.75) is 6.54 Å². The highest BCUT2D eigenvalue weighted by atomic mass is 35.5. The van der Waals surface area contributed by atoms with Crippen LogP contribution in [-0.2, 0) is 6.54 Å². The fourth-order valence-electron chi connectivity index (χ4n) is 1.34. The van der Waals surface area contributed by atoms with Crippen LogP contribution >= 0.6 is 23.2 Å². The van der Waals surface area contributed by atoms with Crippen LogP contribution < -0.4 is 5.32 Å². The van der Waals surface area contributed by atoms with Crippen LogP contribution in [-0.4, -0.2) is 15.3 Å². The molecule has 0 unspecified atom stereocenters. The summed E-state index contributed by atoms with van der Waals surface area (Å²) in [5, 5.41) is 20.2. The third-order valence-electron chi connectivity index (χ3n) is 2.11. The van der Waals surface area contributed by atoms with Crippen molar-refractivity contribution in [2.24, 2.45) is 0 Å². The van der Waals surface area contributed by atoms with E-state index in [1.54, 1.807) is 24.3 Å². The van der Waals surface area contributed by atoms with Crippen LogP contribution in [0.3, 0.4) is 0 Å². The number of hydrogen-bond acceptors (Lipinski definition) is 4. The molecular weight excluding hydrogens is 261 g/mol. The minimum atomic E-state index is 0.223. The summed E-state index contributed by atoms with van der Waals surface area (Å²) in [6, 6.07) is 8.53. The van der Waals surface area contributed by atoms with Gasteiger partial charge in [-0.2, -0.15) is 0 Å². The minimum Gasteiger partial charge on any atom is -0.508 e. The lowest BCUT2D eigenvalue weighted by Gasteiger charge is -2.07. The molecule has 1 heterocycles. The Morgan fingerprint density at radius 2 is 2.00 bits per heavy atom. The summed E-state index contributed by atoms with van der Waals surface area (Å²) >= 11 is 11.6. The molecule has 6 heteroatoms. The number of rotatable bonds is 3. The molecule has 88 valence electrons. The zero-order valence-corrected chi connectivity index (χ0v) is 10.2. The summed E-state index contributed by atoms with van der Waals surface area (Å²) < 4.78 is 0. The molecule has 1 aromatic heterocycles. The average Bonchev–Trinajstić information content (AvgIpc) is 2.30. The van der Waals surface area contributed by atoms with Crippen LogP contribution in [0.4, 0.5) is 5.69 Å². The summed E-state index contributed by atoms with van der Waals surface area (Å²) in [5.74, 6) is 0.223. The van der Waals surface area contributed by atoms with Gasteiger partial charge in [0.25, 0.3) is 0 Å². The number of halogens is 2. The number of aromatic hydroxyl groups is 1. The molecule has 0 aliphatic rings. The molecular formula is C11H9Cl2N3O. The smallest absolute Gasteiger partial charge is 0.174 e. The SMILES string of the molecule is Oc1cccc(CNc2cc(Cl)nnc2Cl)c1. The molecule has 0 spiro atoms. The van der Waals surface area contributed by atoms with Gasteiger partial charge in [-0.25, -0.2) is 0 Å². The van der Waals surface area contributed by atoms with Crippen molar-refractivity contribution in [1.29, 1.82) is 0 Å². The highest BCUT2D eigenvalue weighted by molar-refractivity contribution is 6.33. The number of anilines is 1. The second-order valence-corrected chi connectivity index (χ2v) is 4.14. The number of aromatic nitrogens is 2. The standard InChI is InChI=1S/C11H9Cl2N3O/c12-10-5-9(11(13)16-15-10)14-6-7-2-1-3-8(17)4-7/h1-5,17H,6H2,(H,14,15). The predicted molar refractivity (Wildman–Crippen MR) is 67.5 cm³/mol. The van der Waals surface area contributed by atoms with Crippen molar-refractivity contribution in [3.63, 3.8) is 0 Å². The molecule has 2 N–H and O–H groups in total. The van der Waals surface area contributed by atoms with Crippen molar-refractivity contribution in [2.75, 3.05) is 5.32 Å². The first-order chi connectivity index (χ1) is 8.15. The second kappa shape index (κ2) is 5.21. The lowest BCUT2D eigenvalue weighted by Crippen LogP contribution is -2.01. The lowest BCUT2D eigenvalue weighted by molar-refractivity contribution is 0.474. The summed E-state index contributed by atoms with van der Waals surface area (Å²) in [6.45, 7) is 0.510. The van der Waals surface area contributed by atoms with Crippen LogP contribution in [0, 0.1) is 0 Å². The maximum Gasteiger partial charge on any atom is 0.174 e. The van der Waals surface area contributed by atoms with Gasteiger partial charge in [0, 0.05) is 12.6 Å². The number of benzene rings is 1. The third kappa shape index (κ3) is 3.22. The second-order valence-electron chi connectivity index (χ2n) is 3.40. The van der Waals surface area contributed by atoms with Crippen LogP contribution in [0.25, 0.3) is 0 Å². The quantitative estimate of drug-likeness (QED) is 0.899. The average molecular weight is 270 g/mol. The first-order valence-electron chi connectivity index (χ1n) is 4.85. The van der Waals surface area contributed by atoms with Crippen molar-refractivity contribution in [3.05, 3.63) is 46.2 Å². The molecule has 0 amide bonds. The Labute approximate surface area is 108 Å². The highest BCUT2D eigenvalue weighted by Crippen LogP contribution is 2.21. The molecule has 2 rings (SSSR count). The van der Waals surface area contributed by atoms with Gasteiger partial charge in [0.1, 0.15) is 5.75 Å². The van der Waals surface area contributed by atoms with Gasteiger partial charge in [-0.3, -0.25) is 0 Å². The fourth-order valence-corrected chi connectivity index (χ4v) is 1.65. The van der Waals surface area contributed by atoms with E-state index in [9.17, 15) is 5.11 Å². The van der Waals surface area contributed by atoms with Gasteiger partial charge >= 0.3 is 0 Å². The summed E-state index contributed by atoms with van der Waals surface area (Å²) in [6.07, 6.45) is 0. The van der Waals surface area contributed by atoms with Gasteiger partial charge < -0.3 is 10.4 Å². The topological polar surface area (TPSA) is 58.0 Å². The number of nitrogens with zero attached hydrogens (tertiary/aromatic N) is 2. The zero-order valence-electron chi connectivity index (χ0n) is 8.69. The maximum absolute atomic E-state index is 9.31. The largest absolute Gasteiger partial charge is 0.508 e. The fraction of sp³-hybridized carbons (Fsp3) is 0.0909. The molecule has 0 aliphatic heterocycles. The van der Waals surface area contributed by atoms with Gasteiger partial charge in [-0.15, -0.1) is 10.2 Å². The van der Waals surface area contributed by atoms with E-state index in [-0.39, 0.29) is 16.1 Å². The Balaban J connectivity index is 2.09. The Bertz CT molecular complexity index is 534. The van der Waals surface area contributed by atoms with Gasteiger partial charge in [-0.1, -0.05) is 35.3 Å². The Morgan fingerprint density at radius 3 is 2.76 bits per heavy atom. The van der Waals surface area contributed by atoms with Gasteiger partial charge in [0.2, 0.25) is 0 Å². The number of phenols is 1. The lowest BCUT2D eigenvalue weighted by atomic mass is 10.2. The molecule has 0 saturated heterocycles. The van der Waals surface area contributed by atoms with E-state index >= 15 is 0 Å². The van der Waals surface area contributed by atoms with E-state index in [0.717, 1.165) is 5.56 Å². The third-order valence-corrected chi connectivity index (χ3v) is 2.58. The molecule has 0 saturated carbocycles. The van der Waals surface area contributed by atoms with Crippen molar-refractivity contribution < 1.29 is 5.11 Å². The van der Waals surface area contributed by atoms with E-state index < -0.39 is 0 Å².